The molecule has 0 spiro atoms. The first-order valence-electron chi connectivity index (χ1n) is 6.56. The smallest absolute Gasteiger partial charge is 0.333 e. The van der Waals surface area contributed by atoms with Gasteiger partial charge in [-0.25, -0.2) is 4.68 Å². The van der Waals surface area contributed by atoms with Crippen LogP contribution in [0.15, 0.2) is 12.1 Å². The fraction of sp³-hybridized carbons (Fsp3) is 0.462. The van der Waals surface area contributed by atoms with Crippen molar-refractivity contribution in [1.82, 2.24) is 9.78 Å². The lowest BCUT2D eigenvalue weighted by Gasteiger charge is -2.16. The molecule has 0 amide bonds. The molecule has 8 heteroatoms. The van der Waals surface area contributed by atoms with Crippen LogP contribution in [-0.4, -0.2) is 14.7 Å². The maximum atomic E-state index is 11.3. The number of nitrogens with zero attached hydrogens (tertiary/aromatic N) is 3. The molecule has 0 aliphatic heterocycles. The highest BCUT2D eigenvalue weighted by Crippen LogP contribution is 2.35. The highest BCUT2D eigenvalue weighted by molar-refractivity contribution is 7.16. The second-order valence-corrected chi connectivity index (χ2v) is 6.83. The van der Waals surface area contributed by atoms with Crippen molar-refractivity contribution in [2.45, 2.75) is 39.8 Å². The molecule has 0 fully saturated rings. The van der Waals surface area contributed by atoms with Gasteiger partial charge in [0.05, 0.1) is 15.3 Å². The molecule has 2 aromatic heterocycles. The summed E-state index contributed by atoms with van der Waals surface area (Å²) < 4.78 is 2.35. The van der Waals surface area contributed by atoms with E-state index >= 15 is 0 Å². The molecule has 2 aromatic rings. The fourth-order valence-corrected chi connectivity index (χ4v) is 3.17. The quantitative estimate of drug-likeness (QED) is 0.644. The van der Waals surface area contributed by atoms with Gasteiger partial charge < -0.3 is 5.32 Å². The van der Waals surface area contributed by atoms with E-state index in [1.54, 1.807) is 11.6 Å². The average molecular weight is 329 g/mol. The highest BCUT2D eigenvalue weighted by atomic mass is 35.5. The van der Waals surface area contributed by atoms with Crippen molar-refractivity contribution in [1.29, 1.82) is 0 Å². The van der Waals surface area contributed by atoms with Crippen molar-refractivity contribution >= 4 is 34.4 Å². The van der Waals surface area contributed by atoms with Crippen LogP contribution in [0.4, 0.5) is 11.5 Å². The Bertz CT molecular complexity index is 665. The molecule has 0 bridgehead atoms. The molecule has 1 atom stereocenters. The summed E-state index contributed by atoms with van der Waals surface area (Å²) in [4.78, 5) is 11.9. The number of anilines is 1. The van der Waals surface area contributed by atoms with Gasteiger partial charge in [0, 0.05) is 10.9 Å². The molecule has 2 rings (SSSR count). The third-order valence-corrected chi connectivity index (χ3v) is 4.51. The van der Waals surface area contributed by atoms with E-state index < -0.39 is 4.92 Å². The molecule has 0 aliphatic rings. The monoisotopic (exact) mass is 328 g/mol. The first-order valence-corrected chi connectivity index (χ1v) is 7.76. The molecule has 0 aliphatic carbocycles. The minimum atomic E-state index is -0.391. The molecule has 1 N–H and O–H groups in total. The van der Waals surface area contributed by atoms with Crippen molar-refractivity contribution in [3.05, 3.63) is 37.2 Å². The zero-order valence-electron chi connectivity index (χ0n) is 12.3. The number of hydrogen-bond donors (Lipinski definition) is 1. The normalized spacial score (nSPS) is 12.7. The summed E-state index contributed by atoms with van der Waals surface area (Å²) in [5, 5.41) is 18.8. The molecule has 0 saturated carbocycles. The first-order chi connectivity index (χ1) is 9.81. The molecule has 2 heterocycles. The SMILES string of the molecule is Cc1nn(C(C)C)c(NC(C)c2ccc(Cl)s2)c1[N+](=O)[O-]. The molecule has 0 radical (unpaired) electrons. The van der Waals surface area contributed by atoms with E-state index in [0.29, 0.717) is 15.8 Å². The first kappa shape index (κ1) is 15.8. The Morgan fingerprint density at radius 1 is 1.43 bits per heavy atom. The van der Waals surface area contributed by atoms with Crippen molar-refractivity contribution in [2.75, 3.05) is 5.32 Å². The van der Waals surface area contributed by atoms with Crippen LogP contribution in [0.25, 0.3) is 0 Å². The van der Waals surface area contributed by atoms with Crippen LogP contribution in [0.1, 0.15) is 43.4 Å². The summed E-state index contributed by atoms with van der Waals surface area (Å²) in [6, 6.07) is 3.67. The lowest BCUT2D eigenvalue weighted by molar-refractivity contribution is -0.384. The lowest BCUT2D eigenvalue weighted by Crippen LogP contribution is -2.13. The Hall–Kier alpha value is -1.60. The van der Waals surface area contributed by atoms with Gasteiger partial charge in [-0.15, -0.1) is 11.3 Å². The zero-order chi connectivity index (χ0) is 15.7. The highest BCUT2D eigenvalue weighted by Gasteiger charge is 2.27. The number of nitrogens with one attached hydrogen (secondary N) is 1. The van der Waals surface area contributed by atoms with Crippen LogP contribution < -0.4 is 5.32 Å². The van der Waals surface area contributed by atoms with Gasteiger partial charge in [-0.2, -0.15) is 5.10 Å². The van der Waals surface area contributed by atoms with Crippen LogP contribution >= 0.6 is 22.9 Å². The molecule has 6 nitrogen and oxygen atoms in total. The summed E-state index contributed by atoms with van der Waals surface area (Å²) >= 11 is 7.39. The lowest BCUT2D eigenvalue weighted by atomic mass is 10.2. The molecule has 0 aromatic carbocycles. The number of hydrogen-bond acceptors (Lipinski definition) is 5. The van der Waals surface area contributed by atoms with Crippen molar-refractivity contribution < 1.29 is 4.92 Å². The topological polar surface area (TPSA) is 73.0 Å². The maximum absolute atomic E-state index is 11.3. The van der Waals surface area contributed by atoms with Gasteiger partial charge in [-0.05, 0) is 39.8 Å². The molecule has 0 saturated heterocycles. The van der Waals surface area contributed by atoms with Gasteiger partial charge in [0.15, 0.2) is 0 Å². The van der Waals surface area contributed by atoms with Crippen LogP contribution in [0.5, 0.6) is 0 Å². The fourth-order valence-electron chi connectivity index (χ4n) is 2.10. The molecular formula is C13H17ClN4O2S. The second kappa shape index (κ2) is 6.03. The molecule has 1 unspecified atom stereocenters. The summed E-state index contributed by atoms with van der Waals surface area (Å²) in [7, 11) is 0. The number of thiophene rings is 1. The Morgan fingerprint density at radius 3 is 2.57 bits per heavy atom. The van der Waals surface area contributed by atoms with Crippen LogP contribution in [-0.2, 0) is 0 Å². The third kappa shape index (κ3) is 3.19. The number of halogens is 1. The number of rotatable bonds is 5. The minimum absolute atomic E-state index is 0.0261. The summed E-state index contributed by atoms with van der Waals surface area (Å²) in [5.74, 6) is 0.435. The number of nitro groups is 1. The summed E-state index contributed by atoms with van der Waals surface area (Å²) in [5.41, 5.74) is 0.436. The van der Waals surface area contributed by atoms with E-state index in [9.17, 15) is 10.1 Å². The third-order valence-electron chi connectivity index (χ3n) is 3.10. The summed E-state index contributed by atoms with van der Waals surface area (Å²) in [6.07, 6.45) is 0. The van der Waals surface area contributed by atoms with Gasteiger partial charge in [0.2, 0.25) is 5.82 Å². The van der Waals surface area contributed by atoms with Crippen molar-refractivity contribution in [3.8, 4) is 0 Å². The van der Waals surface area contributed by atoms with Gasteiger partial charge in [-0.1, -0.05) is 11.6 Å². The minimum Gasteiger partial charge on any atom is -0.357 e. The van der Waals surface area contributed by atoms with E-state index in [4.69, 9.17) is 11.6 Å². The second-order valence-electron chi connectivity index (χ2n) is 5.09. The van der Waals surface area contributed by atoms with Crippen LogP contribution in [0, 0.1) is 17.0 Å². The number of aromatic nitrogens is 2. The van der Waals surface area contributed by atoms with Crippen LogP contribution in [0.3, 0.4) is 0 Å². The Balaban J connectivity index is 2.40. The number of aryl methyl sites for hydroxylation is 1. The zero-order valence-corrected chi connectivity index (χ0v) is 13.8. The predicted octanol–water partition coefficient (Wildman–Crippen LogP) is 4.57. The molecular weight excluding hydrogens is 312 g/mol. The van der Waals surface area contributed by atoms with E-state index in [2.05, 4.69) is 10.4 Å². The van der Waals surface area contributed by atoms with Gasteiger partial charge in [0.25, 0.3) is 0 Å². The van der Waals surface area contributed by atoms with E-state index in [1.165, 1.54) is 11.3 Å². The average Bonchev–Trinajstić information content (AvgIpc) is 2.93. The largest absolute Gasteiger partial charge is 0.357 e. The van der Waals surface area contributed by atoms with Crippen LogP contribution in [0.2, 0.25) is 4.34 Å². The Morgan fingerprint density at radius 2 is 2.10 bits per heavy atom. The van der Waals surface area contributed by atoms with Crippen molar-refractivity contribution in [2.24, 2.45) is 0 Å². The Labute approximate surface area is 131 Å². The van der Waals surface area contributed by atoms with Gasteiger partial charge in [0.1, 0.15) is 5.69 Å². The van der Waals surface area contributed by atoms with E-state index in [0.717, 1.165) is 4.88 Å². The van der Waals surface area contributed by atoms with E-state index in [-0.39, 0.29) is 17.8 Å². The standard InChI is InChI=1S/C13H17ClN4O2S/c1-7(2)17-13(12(18(19)20)9(4)16-17)15-8(3)10-5-6-11(14)21-10/h5-8,15H,1-4H3. The Kier molecular flexibility index (Phi) is 4.53. The molecule has 114 valence electrons. The summed E-state index contributed by atoms with van der Waals surface area (Å²) in [6.45, 7) is 7.47. The van der Waals surface area contributed by atoms with E-state index in [1.807, 2.05) is 32.9 Å². The van der Waals surface area contributed by atoms with Crippen molar-refractivity contribution in [3.63, 3.8) is 0 Å². The predicted molar refractivity (Wildman–Crippen MR) is 85.4 cm³/mol. The van der Waals surface area contributed by atoms with Gasteiger partial charge >= 0.3 is 5.69 Å². The van der Waals surface area contributed by atoms with Gasteiger partial charge in [-0.3, -0.25) is 10.1 Å². The maximum Gasteiger partial charge on any atom is 0.333 e. The molecule has 21 heavy (non-hydrogen) atoms.